The summed E-state index contributed by atoms with van der Waals surface area (Å²) in [5, 5.41) is 40.6. The summed E-state index contributed by atoms with van der Waals surface area (Å²) in [7, 11) is 0. The van der Waals surface area contributed by atoms with Gasteiger partial charge in [0.1, 0.15) is 35.7 Å². The minimum Gasteiger partial charge on any atom is -0.508 e. The first-order valence-corrected chi connectivity index (χ1v) is 17.7. The number of aliphatic carboxylic acids is 1. The van der Waals surface area contributed by atoms with Crippen LogP contribution in [0.1, 0.15) is 29.2 Å². The number of carbonyl (C=O) groups is 5. The third-order valence-electron chi connectivity index (χ3n) is 9.12. The Morgan fingerprint density at radius 1 is 0.582 bits per heavy atom. The molecule has 0 saturated carbocycles. The maximum absolute atomic E-state index is 14.1. The number of aromatic hydroxyl groups is 2. The van der Waals surface area contributed by atoms with Crippen molar-refractivity contribution in [1.82, 2.24) is 26.3 Å². The summed E-state index contributed by atoms with van der Waals surface area (Å²) in [4.78, 5) is 69.9. The van der Waals surface area contributed by atoms with Crippen LogP contribution in [0.4, 0.5) is 0 Å². The zero-order valence-corrected chi connectivity index (χ0v) is 30.1. The molecule has 14 heteroatoms. The molecule has 4 aromatic carbocycles. The summed E-state index contributed by atoms with van der Waals surface area (Å²) >= 11 is 0. The number of fused-ring (bicyclic) bond motifs is 1. The topological polar surface area (TPSA) is 236 Å². The van der Waals surface area contributed by atoms with E-state index in [1.165, 1.54) is 43.3 Å². The molecule has 286 valence electrons. The maximum Gasteiger partial charge on any atom is 0.326 e. The summed E-state index contributed by atoms with van der Waals surface area (Å²) in [6.07, 6.45) is 1.83. The van der Waals surface area contributed by atoms with Gasteiger partial charge >= 0.3 is 5.97 Å². The van der Waals surface area contributed by atoms with Gasteiger partial charge in [-0.05, 0) is 65.9 Å². The summed E-state index contributed by atoms with van der Waals surface area (Å²) in [5.74, 6) is -4.08. The van der Waals surface area contributed by atoms with Gasteiger partial charge in [0, 0.05) is 36.4 Å². The highest BCUT2D eigenvalue weighted by atomic mass is 16.4. The molecule has 0 unspecified atom stereocenters. The Labute approximate surface area is 317 Å². The van der Waals surface area contributed by atoms with E-state index in [9.17, 15) is 39.3 Å². The number of para-hydroxylation sites is 1. The van der Waals surface area contributed by atoms with E-state index < -0.39 is 59.8 Å². The molecular weight excluding hydrogens is 704 g/mol. The van der Waals surface area contributed by atoms with Crippen molar-refractivity contribution in [2.75, 3.05) is 0 Å². The Kier molecular flexibility index (Phi) is 13.2. The number of H-pyrrole nitrogens is 1. The largest absolute Gasteiger partial charge is 0.508 e. The van der Waals surface area contributed by atoms with Gasteiger partial charge in [-0.2, -0.15) is 0 Å². The van der Waals surface area contributed by atoms with Gasteiger partial charge in [-0.25, -0.2) is 4.79 Å². The van der Waals surface area contributed by atoms with Gasteiger partial charge in [0.2, 0.25) is 23.6 Å². The van der Waals surface area contributed by atoms with Gasteiger partial charge in [-0.3, -0.25) is 19.2 Å². The first-order valence-electron chi connectivity index (χ1n) is 17.7. The molecule has 0 radical (unpaired) electrons. The van der Waals surface area contributed by atoms with Crippen molar-refractivity contribution in [3.8, 4) is 11.5 Å². The number of rotatable bonds is 17. The first-order chi connectivity index (χ1) is 26.4. The van der Waals surface area contributed by atoms with Crippen LogP contribution >= 0.6 is 0 Å². The van der Waals surface area contributed by atoms with Crippen molar-refractivity contribution in [1.29, 1.82) is 0 Å². The van der Waals surface area contributed by atoms with Crippen molar-refractivity contribution < 1.29 is 39.3 Å². The summed E-state index contributed by atoms with van der Waals surface area (Å²) in [6.45, 7) is 1.39. The molecule has 0 saturated heterocycles. The molecule has 4 amide bonds. The van der Waals surface area contributed by atoms with Gasteiger partial charge < -0.3 is 47.3 Å². The fraction of sp³-hybridized carbons (Fsp3) is 0.244. The van der Waals surface area contributed by atoms with Crippen LogP contribution in [0, 0.1) is 0 Å². The number of benzene rings is 4. The Morgan fingerprint density at radius 2 is 1.07 bits per heavy atom. The number of nitrogens with one attached hydrogen (secondary N) is 5. The Balaban J connectivity index is 1.35. The van der Waals surface area contributed by atoms with E-state index in [2.05, 4.69) is 26.3 Å². The second-order valence-corrected chi connectivity index (χ2v) is 13.4. The molecule has 5 aromatic rings. The number of nitrogens with two attached hydrogens (primary N) is 1. The molecule has 0 spiro atoms. The lowest BCUT2D eigenvalue weighted by atomic mass is 10.0. The second kappa shape index (κ2) is 18.4. The molecule has 0 aliphatic rings. The molecule has 0 aliphatic carbocycles. The van der Waals surface area contributed by atoms with Gasteiger partial charge in [-0.15, -0.1) is 0 Å². The maximum atomic E-state index is 14.1. The number of phenolic OH excluding ortho intramolecular Hbond substituents is 2. The molecular formula is C41H44N6O8. The van der Waals surface area contributed by atoms with Crippen LogP contribution in [0.2, 0.25) is 0 Å². The smallest absolute Gasteiger partial charge is 0.326 e. The van der Waals surface area contributed by atoms with Gasteiger partial charge in [0.05, 0.1) is 6.04 Å². The van der Waals surface area contributed by atoms with Crippen LogP contribution in [0.15, 0.2) is 109 Å². The fourth-order valence-electron chi connectivity index (χ4n) is 6.06. The van der Waals surface area contributed by atoms with Gasteiger partial charge in [-0.1, -0.05) is 72.8 Å². The van der Waals surface area contributed by atoms with Crippen LogP contribution < -0.4 is 27.0 Å². The molecule has 5 rings (SSSR count). The predicted molar refractivity (Wildman–Crippen MR) is 205 cm³/mol. The molecule has 10 N–H and O–H groups in total. The predicted octanol–water partition coefficient (Wildman–Crippen LogP) is 2.22. The molecule has 1 heterocycles. The number of hydrogen-bond donors (Lipinski definition) is 9. The van der Waals surface area contributed by atoms with E-state index in [0.29, 0.717) is 16.7 Å². The van der Waals surface area contributed by atoms with E-state index in [0.717, 1.165) is 16.5 Å². The normalized spacial score (nSPS) is 13.8. The highest BCUT2D eigenvalue weighted by Crippen LogP contribution is 2.20. The van der Waals surface area contributed by atoms with E-state index in [1.807, 2.05) is 54.6 Å². The van der Waals surface area contributed by atoms with Crippen LogP contribution in [-0.4, -0.2) is 80.1 Å². The molecule has 55 heavy (non-hydrogen) atoms. The lowest BCUT2D eigenvalue weighted by Crippen LogP contribution is -2.59. The number of hydrogen-bond acceptors (Lipinski definition) is 8. The summed E-state index contributed by atoms with van der Waals surface area (Å²) in [6, 6.07) is 22.5. The van der Waals surface area contributed by atoms with Crippen molar-refractivity contribution in [2.24, 2.45) is 5.73 Å². The zero-order valence-electron chi connectivity index (χ0n) is 30.1. The standard InChI is InChI=1S/C41H44N6O8/c1-24(37(50)47-36(41(54)55)21-27-13-17-30(49)18-14-27)44-39(52)35(22-28-23-43-33-10-6-5-9-31(28)33)46-40(53)34(20-26-11-15-29(48)16-12-26)45-38(51)32(42)19-25-7-3-2-4-8-25/h2-18,23-24,32,34-36,43,48-49H,19-22,42H2,1H3,(H,44,52)(H,45,51)(H,46,53)(H,47,50)(H,54,55)/t24-,32-,34-,35-,36-/m1/s1. The minimum absolute atomic E-state index is 0.00552. The van der Waals surface area contributed by atoms with Crippen molar-refractivity contribution in [3.05, 3.63) is 132 Å². The van der Waals surface area contributed by atoms with E-state index in [1.54, 1.807) is 18.3 Å². The summed E-state index contributed by atoms with van der Waals surface area (Å²) < 4.78 is 0. The molecule has 0 aliphatic heterocycles. The lowest BCUT2D eigenvalue weighted by Gasteiger charge is -2.26. The highest BCUT2D eigenvalue weighted by molar-refractivity contribution is 5.96. The van der Waals surface area contributed by atoms with Crippen molar-refractivity contribution in [3.63, 3.8) is 0 Å². The highest BCUT2D eigenvalue weighted by Gasteiger charge is 2.31. The fourth-order valence-corrected chi connectivity index (χ4v) is 6.06. The molecule has 14 nitrogen and oxygen atoms in total. The van der Waals surface area contributed by atoms with Crippen LogP contribution in [-0.2, 0) is 49.7 Å². The SMILES string of the molecule is C[C@@H](NC(=O)[C@@H](Cc1c[nH]c2ccccc12)NC(=O)[C@@H](Cc1ccc(O)cc1)NC(=O)[C@H](N)Cc1ccccc1)C(=O)N[C@H](Cc1ccc(O)cc1)C(=O)O. The number of aromatic amines is 1. The van der Waals surface area contributed by atoms with E-state index >= 15 is 0 Å². The lowest BCUT2D eigenvalue weighted by molar-refractivity contribution is -0.142. The number of aromatic nitrogens is 1. The van der Waals surface area contributed by atoms with Crippen LogP contribution in [0.3, 0.4) is 0 Å². The van der Waals surface area contributed by atoms with Crippen LogP contribution in [0.25, 0.3) is 10.9 Å². The van der Waals surface area contributed by atoms with E-state index in [-0.39, 0.29) is 37.2 Å². The van der Waals surface area contributed by atoms with E-state index in [4.69, 9.17) is 5.73 Å². The number of carboxylic acid groups (broad SMARTS) is 1. The Morgan fingerprint density at radius 3 is 1.69 bits per heavy atom. The third-order valence-corrected chi connectivity index (χ3v) is 9.12. The molecule has 0 fully saturated rings. The molecule has 0 bridgehead atoms. The average Bonchev–Trinajstić information content (AvgIpc) is 3.58. The van der Waals surface area contributed by atoms with Crippen molar-refractivity contribution >= 4 is 40.5 Å². The third kappa shape index (κ3) is 11.2. The van der Waals surface area contributed by atoms with Gasteiger partial charge in [0.15, 0.2) is 0 Å². The Bertz CT molecular complexity index is 2100. The average molecular weight is 749 g/mol. The number of amides is 4. The number of phenols is 2. The minimum atomic E-state index is -1.34. The monoisotopic (exact) mass is 748 g/mol. The number of carboxylic acids is 1. The second-order valence-electron chi connectivity index (χ2n) is 13.4. The molecule has 1 aromatic heterocycles. The van der Waals surface area contributed by atoms with Gasteiger partial charge in [0.25, 0.3) is 0 Å². The number of carbonyl (C=O) groups excluding carboxylic acids is 4. The first kappa shape index (κ1) is 39.5. The molecule has 5 atom stereocenters. The quantitative estimate of drug-likeness (QED) is 0.0677. The van der Waals surface area contributed by atoms with Crippen molar-refractivity contribution in [2.45, 2.75) is 62.8 Å². The Hall–Kier alpha value is -6.67. The zero-order chi connectivity index (χ0) is 39.5. The van der Waals surface area contributed by atoms with Crippen LogP contribution in [0.5, 0.6) is 11.5 Å². The summed E-state index contributed by atoms with van der Waals surface area (Å²) in [5.41, 5.74) is 9.74.